The number of benzene rings is 1. The molecular formula is C22H25N5O3. The summed E-state index contributed by atoms with van der Waals surface area (Å²) in [5.41, 5.74) is 4.52. The van der Waals surface area contributed by atoms with Crippen LogP contribution in [0.2, 0.25) is 0 Å². The number of aryl methyl sites for hydroxylation is 4. The molecule has 0 saturated carbocycles. The first kappa shape index (κ1) is 19.9. The van der Waals surface area contributed by atoms with E-state index < -0.39 is 17.3 Å². The van der Waals surface area contributed by atoms with Crippen LogP contribution in [0.4, 0.5) is 0 Å². The maximum atomic E-state index is 13.4. The minimum Gasteiger partial charge on any atom is -0.298 e. The molecule has 1 atom stereocenters. The Hall–Kier alpha value is -3.42. The van der Waals surface area contributed by atoms with Crippen molar-refractivity contribution in [3.8, 4) is 5.69 Å². The zero-order chi connectivity index (χ0) is 22.1. The highest BCUT2D eigenvalue weighted by Gasteiger charge is 2.25. The van der Waals surface area contributed by atoms with E-state index in [1.54, 1.807) is 18.4 Å². The maximum Gasteiger partial charge on any atom is 0.333 e. The first-order valence-electron chi connectivity index (χ1n) is 9.85. The number of hydrogen-bond donors (Lipinski definition) is 0. The average Bonchev–Trinajstić information content (AvgIpc) is 3.15. The van der Waals surface area contributed by atoms with E-state index in [2.05, 4.69) is 23.2 Å². The van der Waals surface area contributed by atoms with Crippen LogP contribution >= 0.6 is 0 Å². The summed E-state index contributed by atoms with van der Waals surface area (Å²) in [4.78, 5) is 42.9. The van der Waals surface area contributed by atoms with Gasteiger partial charge in [-0.15, -0.1) is 0 Å². The first-order chi connectivity index (χ1) is 14.0. The number of hydrogen-bond acceptors (Lipinski definition) is 4. The summed E-state index contributed by atoms with van der Waals surface area (Å²) in [7, 11) is 1.57. The average molecular weight is 407 g/mol. The molecule has 0 spiro atoms. The highest BCUT2D eigenvalue weighted by molar-refractivity contribution is 5.81. The van der Waals surface area contributed by atoms with Gasteiger partial charge in [0.15, 0.2) is 16.9 Å². The second kappa shape index (κ2) is 6.55. The van der Waals surface area contributed by atoms with Crippen molar-refractivity contribution in [2.24, 2.45) is 7.05 Å². The second-order valence-corrected chi connectivity index (χ2v) is 8.07. The van der Waals surface area contributed by atoms with Crippen LogP contribution in [0, 0.1) is 27.7 Å². The molecule has 0 bridgehead atoms. The van der Waals surface area contributed by atoms with Crippen molar-refractivity contribution < 1.29 is 4.79 Å². The normalized spacial score (nSPS) is 12.8. The Morgan fingerprint density at radius 3 is 2.17 bits per heavy atom. The van der Waals surface area contributed by atoms with Gasteiger partial charge in [0.25, 0.3) is 5.56 Å². The lowest BCUT2D eigenvalue weighted by atomic mass is 10.1. The van der Waals surface area contributed by atoms with Gasteiger partial charge in [0, 0.05) is 24.1 Å². The number of fused-ring (bicyclic) bond motifs is 3. The molecule has 8 nitrogen and oxygen atoms in total. The molecular weight excluding hydrogens is 382 g/mol. The molecule has 4 rings (SSSR count). The van der Waals surface area contributed by atoms with Crippen molar-refractivity contribution in [2.75, 3.05) is 0 Å². The van der Waals surface area contributed by atoms with Crippen LogP contribution in [0.3, 0.4) is 0 Å². The molecule has 0 N–H and O–H groups in total. The maximum absolute atomic E-state index is 13.4. The third-order valence-corrected chi connectivity index (χ3v) is 5.91. The Morgan fingerprint density at radius 2 is 1.60 bits per heavy atom. The molecule has 1 aromatic carbocycles. The largest absolute Gasteiger partial charge is 0.333 e. The zero-order valence-corrected chi connectivity index (χ0v) is 18.3. The fourth-order valence-corrected chi connectivity index (χ4v) is 4.13. The van der Waals surface area contributed by atoms with Crippen molar-refractivity contribution >= 4 is 22.7 Å². The number of aromatic nitrogens is 5. The summed E-state index contributed by atoms with van der Waals surface area (Å²) >= 11 is 0. The van der Waals surface area contributed by atoms with Gasteiger partial charge < -0.3 is 0 Å². The van der Waals surface area contributed by atoms with Crippen molar-refractivity contribution in [2.45, 2.75) is 47.6 Å². The molecule has 0 amide bonds. The van der Waals surface area contributed by atoms with Gasteiger partial charge >= 0.3 is 5.69 Å². The van der Waals surface area contributed by atoms with E-state index in [9.17, 15) is 14.4 Å². The Balaban J connectivity index is 2.21. The Bertz CT molecular complexity index is 1460. The molecule has 3 aromatic heterocycles. The fourth-order valence-electron chi connectivity index (χ4n) is 4.13. The molecule has 30 heavy (non-hydrogen) atoms. The van der Waals surface area contributed by atoms with Gasteiger partial charge in [-0.3, -0.25) is 23.1 Å². The van der Waals surface area contributed by atoms with E-state index in [4.69, 9.17) is 0 Å². The number of carbonyl (C=O) groups excluding carboxylic acids is 1. The minimum atomic E-state index is -0.853. The lowest BCUT2D eigenvalue weighted by Crippen LogP contribution is -2.42. The third kappa shape index (κ3) is 2.59. The van der Waals surface area contributed by atoms with E-state index in [-0.39, 0.29) is 5.78 Å². The smallest absolute Gasteiger partial charge is 0.298 e. The molecule has 4 aromatic rings. The van der Waals surface area contributed by atoms with Crippen LogP contribution in [0.15, 0.2) is 27.8 Å². The van der Waals surface area contributed by atoms with Gasteiger partial charge in [0.2, 0.25) is 5.78 Å². The molecule has 0 aliphatic carbocycles. The zero-order valence-electron chi connectivity index (χ0n) is 18.3. The topological polar surface area (TPSA) is 83.3 Å². The van der Waals surface area contributed by atoms with Crippen LogP contribution in [-0.2, 0) is 11.8 Å². The number of imidazole rings is 2. The standard InChI is InChI=1S/C22H25N5O3/c1-11-8-12(2)10-17(9-11)25-13(3)14(4)26-18-19(23-21(25)26)24(7)22(30)27(20(18)29)15(5)16(6)28/h8-10,15H,1-7H3/t15-/m1/s1. The van der Waals surface area contributed by atoms with Crippen molar-refractivity contribution in [3.63, 3.8) is 0 Å². The summed E-state index contributed by atoms with van der Waals surface area (Å²) in [6, 6.07) is 5.37. The van der Waals surface area contributed by atoms with Crippen LogP contribution in [-0.4, -0.2) is 28.9 Å². The van der Waals surface area contributed by atoms with Gasteiger partial charge in [-0.25, -0.2) is 9.36 Å². The van der Waals surface area contributed by atoms with E-state index in [1.807, 2.05) is 32.3 Å². The van der Waals surface area contributed by atoms with Crippen molar-refractivity contribution in [3.05, 3.63) is 61.6 Å². The molecule has 0 aliphatic heterocycles. The van der Waals surface area contributed by atoms with E-state index in [0.29, 0.717) is 16.9 Å². The minimum absolute atomic E-state index is 0.255. The molecule has 0 unspecified atom stereocenters. The SMILES string of the molecule is CC(=O)[C@@H](C)n1c(=O)c2c(nc3n(-c4cc(C)cc(C)c4)c(C)c(C)n23)n(C)c1=O. The van der Waals surface area contributed by atoms with Crippen LogP contribution in [0.1, 0.15) is 42.4 Å². The summed E-state index contributed by atoms with van der Waals surface area (Å²) in [6.45, 7) is 10.9. The second-order valence-electron chi connectivity index (χ2n) is 8.07. The molecule has 156 valence electrons. The van der Waals surface area contributed by atoms with Crippen LogP contribution in [0.25, 0.3) is 22.6 Å². The number of nitrogens with zero attached hydrogens (tertiary/aromatic N) is 5. The molecule has 8 heteroatoms. The Morgan fingerprint density at radius 1 is 1.00 bits per heavy atom. The van der Waals surface area contributed by atoms with Crippen molar-refractivity contribution in [1.29, 1.82) is 0 Å². The third-order valence-electron chi connectivity index (χ3n) is 5.91. The highest BCUT2D eigenvalue weighted by atomic mass is 16.2. The van der Waals surface area contributed by atoms with E-state index >= 15 is 0 Å². The Kier molecular flexibility index (Phi) is 4.34. The van der Waals surface area contributed by atoms with Gasteiger partial charge in [0.1, 0.15) is 0 Å². The monoisotopic (exact) mass is 407 g/mol. The van der Waals surface area contributed by atoms with E-state index in [1.165, 1.54) is 11.5 Å². The molecule has 0 saturated heterocycles. The highest BCUT2D eigenvalue weighted by Crippen LogP contribution is 2.25. The van der Waals surface area contributed by atoms with Crippen LogP contribution < -0.4 is 11.2 Å². The fraction of sp³-hybridized carbons (Fsp3) is 0.364. The lowest BCUT2D eigenvalue weighted by Gasteiger charge is -2.12. The summed E-state index contributed by atoms with van der Waals surface area (Å²) < 4.78 is 6.14. The summed E-state index contributed by atoms with van der Waals surface area (Å²) in [6.07, 6.45) is 0. The molecule has 0 fully saturated rings. The predicted octanol–water partition coefficient (Wildman–Crippen LogP) is 2.52. The predicted molar refractivity (Wildman–Crippen MR) is 116 cm³/mol. The molecule has 0 radical (unpaired) electrons. The van der Waals surface area contributed by atoms with Gasteiger partial charge in [0.05, 0.1) is 6.04 Å². The van der Waals surface area contributed by atoms with Gasteiger partial charge in [-0.05, 0) is 64.8 Å². The van der Waals surface area contributed by atoms with Gasteiger partial charge in [-0.1, -0.05) is 6.07 Å². The van der Waals surface area contributed by atoms with E-state index in [0.717, 1.165) is 32.8 Å². The number of ketones is 1. The quantitative estimate of drug-likeness (QED) is 0.522. The Labute approximate surface area is 173 Å². The number of Topliss-reactive ketones (excluding diaryl/α,β-unsaturated/α-hetero) is 1. The molecule has 3 heterocycles. The van der Waals surface area contributed by atoms with Gasteiger partial charge in [-0.2, -0.15) is 4.98 Å². The first-order valence-corrected chi connectivity index (χ1v) is 9.85. The number of rotatable bonds is 3. The lowest BCUT2D eigenvalue weighted by molar-refractivity contribution is -0.119. The van der Waals surface area contributed by atoms with Crippen molar-refractivity contribution in [1.82, 2.24) is 23.1 Å². The summed E-state index contributed by atoms with van der Waals surface area (Å²) in [5, 5.41) is 0. The summed E-state index contributed by atoms with van der Waals surface area (Å²) in [5.74, 6) is 0.306. The van der Waals surface area contributed by atoms with Crippen LogP contribution in [0.5, 0.6) is 0 Å². The number of carbonyl (C=O) groups is 1. The molecule has 0 aliphatic rings.